The molecule has 0 aliphatic heterocycles. The molecular formula is C12H21N3O3S. The van der Waals surface area contributed by atoms with E-state index in [9.17, 15) is 8.42 Å². The molecule has 0 radical (unpaired) electrons. The number of hydrogen-bond donors (Lipinski definition) is 3. The minimum absolute atomic E-state index is 0.0824. The van der Waals surface area contributed by atoms with E-state index in [0.717, 1.165) is 5.69 Å². The van der Waals surface area contributed by atoms with Crippen LogP contribution in [0.5, 0.6) is 0 Å². The molecule has 0 unspecified atom stereocenters. The van der Waals surface area contributed by atoms with Crippen molar-refractivity contribution in [1.29, 1.82) is 0 Å². The van der Waals surface area contributed by atoms with Gasteiger partial charge in [-0.05, 0) is 39.1 Å². The molecule has 19 heavy (non-hydrogen) atoms. The third-order valence-electron chi connectivity index (χ3n) is 2.45. The molecular weight excluding hydrogens is 266 g/mol. The molecule has 0 aromatic heterocycles. The standard InChI is InChI=1S/C12H21N3O3S/c1-9(2)18-7-6-15-10-4-5-12(11(13)8-10)19(16,17)14-3/h4-5,8-9,14-15H,6-7,13H2,1-3H3. The van der Waals surface area contributed by atoms with Crippen LogP contribution in [0.1, 0.15) is 13.8 Å². The van der Waals surface area contributed by atoms with Crippen LogP contribution in [0.15, 0.2) is 23.1 Å². The summed E-state index contributed by atoms with van der Waals surface area (Å²) in [4.78, 5) is 0.0824. The minimum Gasteiger partial charge on any atom is -0.398 e. The molecule has 108 valence electrons. The molecule has 0 aliphatic carbocycles. The molecule has 0 aliphatic rings. The van der Waals surface area contributed by atoms with Crippen molar-refractivity contribution in [3.8, 4) is 0 Å². The largest absolute Gasteiger partial charge is 0.398 e. The normalized spacial score (nSPS) is 11.8. The number of rotatable bonds is 7. The lowest BCUT2D eigenvalue weighted by atomic mass is 10.3. The van der Waals surface area contributed by atoms with Crippen LogP contribution >= 0.6 is 0 Å². The Hall–Kier alpha value is -1.31. The lowest BCUT2D eigenvalue weighted by Gasteiger charge is -2.11. The van der Waals surface area contributed by atoms with Gasteiger partial charge in [0, 0.05) is 12.2 Å². The first-order valence-electron chi connectivity index (χ1n) is 6.05. The zero-order valence-corrected chi connectivity index (χ0v) is 12.3. The van der Waals surface area contributed by atoms with Crippen molar-refractivity contribution in [2.75, 3.05) is 31.2 Å². The number of nitrogens with one attached hydrogen (secondary N) is 2. The molecule has 0 bridgehead atoms. The number of ether oxygens (including phenoxy) is 1. The van der Waals surface area contributed by atoms with Gasteiger partial charge in [-0.15, -0.1) is 0 Å². The SMILES string of the molecule is CNS(=O)(=O)c1ccc(NCCOC(C)C)cc1N. The molecule has 4 N–H and O–H groups in total. The second-order valence-electron chi connectivity index (χ2n) is 4.31. The highest BCUT2D eigenvalue weighted by molar-refractivity contribution is 7.89. The summed E-state index contributed by atoms with van der Waals surface area (Å²) in [6.07, 6.45) is 0.190. The molecule has 6 nitrogen and oxygen atoms in total. The molecule has 1 aromatic rings. The number of sulfonamides is 1. The fourth-order valence-corrected chi connectivity index (χ4v) is 2.34. The number of benzene rings is 1. The van der Waals surface area contributed by atoms with Crippen LogP contribution in [-0.2, 0) is 14.8 Å². The Bertz CT molecular complexity index is 515. The third-order valence-corrected chi connectivity index (χ3v) is 3.94. The van der Waals surface area contributed by atoms with E-state index in [4.69, 9.17) is 10.5 Å². The van der Waals surface area contributed by atoms with E-state index < -0.39 is 10.0 Å². The van der Waals surface area contributed by atoms with Gasteiger partial charge in [0.15, 0.2) is 0 Å². The fraction of sp³-hybridized carbons (Fsp3) is 0.500. The van der Waals surface area contributed by atoms with Crippen molar-refractivity contribution in [3.63, 3.8) is 0 Å². The van der Waals surface area contributed by atoms with E-state index in [1.165, 1.54) is 13.1 Å². The van der Waals surface area contributed by atoms with Crippen LogP contribution in [-0.4, -0.2) is 34.7 Å². The highest BCUT2D eigenvalue weighted by Crippen LogP contribution is 2.21. The molecule has 0 saturated heterocycles. The summed E-state index contributed by atoms with van der Waals surface area (Å²) >= 11 is 0. The van der Waals surface area contributed by atoms with Gasteiger partial charge in [0.05, 0.1) is 18.4 Å². The summed E-state index contributed by atoms with van der Waals surface area (Å²) in [6, 6.07) is 4.75. The monoisotopic (exact) mass is 287 g/mol. The first-order chi connectivity index (χ1) is 8.86. The predicted molar refractivity (Wildman–Crippen MR) is 76.7 cm³/mol. The molecule has 0 saturated carbocycles. The average molecular weight is 287 g/mol. The summed E-state index contributed by atoms with van der Waals surface area (Å²) < 4.78 is 30.9. The van der Waals surface area contributed by atoms with Crippen molar-refractivity contribution < 1.29 is 13.2 Å². The number of anilines is 2. The number of hydrogen-bond acceptors (Lipinski definition) is 5. The fourth-order valence-electron chi connectivity index (χ4n) is 1.50. The van der Waals surface area contributed by atoms with E-state index >= 15 is 0 Å². The topological polar surface area (TPSA) is 93.5 Å². The Labute approximate surface area is 114 Å². The molecule has 1 aromatic carbocycles. The molecule has 0 atom stereocenters. The number of nitrogen functional groups attached to an aromatic ring is 1. The smallest absolute Gasteiger partial charge is 0.242 e. The maximum Gasteiger partial charge on any atom is 0.242 e. The van der Waals surface area contributed by atoms with Crippen LogP contribution in [0.4, 0.5) is 11.4 Å². The van der Waals surface area contributed by atoms with Gasteiger partial charge in [0.25, 0.3) is 0 Å². The van der Waals surface area contributed by atoms with Gasteiger partial charge >= 0.3 is 0 Å². The number of nitrogens with two attached hydrogens (primary N) is 1. The van der Waals surface area contributed by atoms with Gasteiger partial charge in [-0.3, -0.25) is 0 Å². The molecule has 0 heterocycles. The predicted octanol–water partition coefficient (Wildman–Crippen LogP) is 1.01. The van der Waals surface area contributed by atoms with Gasteiger partial charge in [0.2, 0.25) is 10.0 Å². The van der Waals surface area contributed by atoms with Crippen LogP contribution in [0.3, 0.4) is 0 Å². The lowest BCUT2D eigenvalue weighted by molar-refractivity contribution is 0.0870. The van der Waals surface area contributed by atoms with E-state index in [1.54, 1.807) is 12.1 Å². The Morgan fingerprint density at radius 3 is 2.58 bits per heavy atom. The van der Waals surface area contributed by atoms with Crippen LogP contribution < -0.4 is 15.8 Å². The van der Waals surface area contributed by atoms with Crippen molar-refractivity contribution >= 4 is 21.4 Å². The maximum atomic E-state index is 11.6. The van der Waals surface area contributed by atoms with Crippen LogP contribution in [0.2, 0.25) is 0 Å². The van der Waals surface area contributed by atoms with Crippen molar-refractivity contribution in [3.05, 3.63) is 18.2 Å². The van der Waals surface area contributed by atoms with Crippen molar-refractivity contribution in [2.24, 2.45) is 0 Å². The molecule has 0 fully saturated rings. The first-order valence-corrected chi connectivity index (χ1v) is 7.53. The van der Waals surface area contributed by atoms with Crippen molar-refractivity contribution in [1.82, 2.24) is 4.72 Å². The Morgan fingerprint density at radius 1 is 1.37 bits per heavy atom. The Kier molecular flexibility index (Phi) is 5.59. The highest BCUT2D eigenvalue weighted by atomic mass is 32.2. The average Bonchev–Trinajstić information content (AvgIpc) is 2.34. The van der Waals surface area contributed by atoms with E-state index in [2.05, 4.69) is 10.0 Å². The van der Waals surface area contributed by atoms with E-state index in [-0.39, 0.29) is 16.7 Å². The lowest BCUT2D eigenvalue weighted by Crippen LogP contribution is -2.20. The van der Waals surface area contributed by atoms with Gasteiger partial charge in [0.1, 0.15) is 4.90 Å². The maximum absolute atomic E-state index is 11.6. The van der Waals surface area contributed by atoms with Crippen LogP contribution in [0, 0.1) is 0 Å². The summed E-state index contributed by atoms with van der Waals surface area (Å²) in [5.41, 5.74) is 6.72. The molecule has 7 heteroatoms. The minimum atomic E-state index is -3.51. The van der Waals surface area contributed by atoms with Gasteiger partial charge < -0.3 is 15.8 Å². The van der Waals surface area contributed by atoms with Gasteiger partial charge in [-0.1, -0.05) is 0 Å². The second kappa shape index (κ2) is 6.74. The second-order valence-corrected chi connectivity index (χ2v) is 6.16. The Morgan fingerprint density at radius 2 is 2.05 bits per heavy atom. The van der Waals surface area contributed by atoms with Gasteiger partial charge in [-0.25, -0.2) is 13.1 Å². The Balaban J connectivity index is 2.67. The molecule has 0 spiro atoms. The van der Waals surface area contributed by atoms with Crippen LogP contribution in [0.25, 0.3) is 0 Å². The zero-order chi connectivity index (χ0) is 14.5. The third kappa shape index (κ3) is 4.70. The van der Waals surface area contributed by atoms with Gasteiger partial charge in [-0.2, -0.15) is 0 Å². The quantitative estimate of drug-likeness (QED) is 0.514. The summed E-state index contributed by atoms with van der Waals surface area (Å²) in [5.74, 6) is 0. The zero-order valence-electron chi connectivity index (χ0n) is 11.4. The summed E-state index contributed by atoms with van der Waals surface area (Å²) in [6.45, 7) is 5.15. The van der Waals surface area contributed by atoms with E-state index in [0.29, 0.717) is 13.2 Å². The highest BCUT2D eigenvalue weighted by Gasteiger charge is 2.14. The molecule has 1 rings (SSSR count). The molecule has 0 amide bonds. The van der Waals surface area contributed by atoms with E-state index in [1.807, 2.05) is 13.8 Å². The van der Waals surface area contributed by atoms with Crippen molar-refractivity contribution in [2.45, 2.75) is 24.8 Å². The summed E-state index contributed by atoms with van der Waals surface area (Å²) in [7, 11) is -2.16. The summed E-state index contributed by atoms with van der Waals surface area (Å²) in [5, 5.41) is 3.12. The first kappa shape index (κ1) is 15.7.